The van der Waals surface area contributed by atoms with Gasteiger partial charge in [-0.1, -0.05) is 25.5 Å². The van der Waals surface area contributed by atoms with E-state index in [4.69, 9.17) is 5.73 Å². The quantitative estimate of drug-likeness (QED) is 0.354. The molecule has 0 radical (unpaired) electrons. The van der Waals surface area contributed by atoms with Gasteiger partial charge in [0.25, 0.3) is 5.69 Å². The number of anilines is 1. The van der Waals surface area contributed by atoms with E-state index in [2.05, 4.69) is 17.2 Å². The van der Waals surface area contributed by atoms with Gasteiger partial charge in [0.1, 0.15) is 5.69 Å². The van der Waals surface area contributed by atoms with Gasteiger partial charge in [-0.3, -0.25) is 10.1 Å². The Balaban J connectivity index is 2.17. The number of nitrogens with two attached hydrogens (primary N) is 1. The van der Waals surface area contributed by atoms with Crippen LogP contribution in [0.3, 0.4) is 0 Å². The Morgan fingerprint density at radius 2 is 1.86 bits per heavy atom. The molecule has 0 bridgehead atoms. The molecule has 0 heterocycles. The first-order valence-corrected chi connectivity index (χ1v) is 7.15. The van der Waals surface area contributed by atoms with Crippen molar-refractivity contribution in [2.75, 3.05) is 5.73 Å². The van der Waals surface area contributed by atoms with E-state index in [0.29, 0.717) is 17.1 Å². The fraction of sp³-hybridized carbons (Fsp3) is 0.250. The van der Waals surface area contributed by atoms with Crippen LogP contribution in [0.25, 0.3) is 0 Å². The highest BCUT2D eigenvalue weighted by molar-refractivity contribution is 5.66. The molecular formula is C16H18N4O2. The second-order valence-electron chi connectivity index (χ2n) is 4.93. The van der Waals surface area contributed by atoms with Crippen LogP contribution in [-0.2, 0) is 6.42 Å². The van der Waals surface area contributed by atoms with Crippen molar-refractivity contribution in [1.82, 2.24) is 0 Å². The summed E-state index contributed by atoms with van der Waals surface area (Å²) in [6.07, 6.45) is 3.10. The van der Waals surface area contributed by atoms with Crippen LogP contribution in [0.5, 0.6) is 0 Å². The first kappa shape index (κ1) is 15.6. The molecule has 0 saturated carbocycles. The summed E-state index contributed by atoms with van der Waals surface area (Å²) in [6, 6.07) is 11.6. The Hall–Kier alpha value is -2.76. The molecular weight excluding hydrogens is 280 g/mol. The first-order valence-electron chi connectivity index (χ1n) is 7.15. The fourth-order valence-corrected chi connectivity index (χ4v) is 2.02. The van der Waals surface area contributed by atoms with E-state index in [0.717, 1.165) is 24.8 Å². The maximum absolute atomic E-state index is 10.6. The van der Waals surface area contributed by atoms with Crippen LogP contribution in [0.4, 0.5) is 22.7 Å². The Labute approximate surface area is 128 Å². The lowest BCUT2D eigenvalue weighted by molar-refractivity contribution is -0.384. The molecule has 22 heavy (non-hydrogen) atoms. The van der Waals surface area contributed by atoms with Gasteiger partial charge in [-0.05, 0) is 36.6 Å². The van der Waals surface area contributed by atoms with Crippen LogP contribution in [0, 0.1) is 10.1 Å². The molecule has 0 aliphatic carbocycles. The first-order chi connectivity index (χ1) is 10.6. The molecule has 0 spiro atoms. The molecule has 0 aliphatic rings. The van der Waals surface area contributed by atoms with Crippen LogP contribution in [0.15, 0.2) is 52.7 Å². The average molecular weight is 298 g/mol. The second-order valence-corrected chi connectivity index (χ2v) is 4.93. The number of hydrogen-bond acceptors (Lipinski definition) is 5. The molecule has 2 aromatic carbocycles. The van der Waals surface area contributed by atoms with Crippen LogP contribution in [0.2, 0.25) is 0 Å². The normalized spacial score (nSPS) is 11.0. The van der Waals surface area contributed by atoms with Crippen LogP contribution in [0.1, 0.15) is 25.3 Å². The van der Waals surface area contributed by atoms with Gasteiger partial charge < -0.3 is 5.73 Å². The number of nitrogen functional groups attached to an aromatic ring is 1. The summed E-state index contributed by atoms with van der Waals surface area (Å²) in [5.41, 5.74) is 9.01. The van der Waals surface area contributed by atoms with Crippen LogP contribution >= 0.6 is 0 Å². The summed E-state index contributed by atoms with van der Waals surface area (Å²) in [7, 11) is 0. The monoisotopic (exact) mass is 298 g/mol. The molecule has 0 aliphatic heterocycles. The maximum Gasteiger partial charge on any atom is 0.269 e. The number of nitro benzene ring substituents is 1. The molecule has 0 unspecified atom stereocenters. The summed E-state index contributed by atoms with van der Waals surface area (Å²) in [5, 5.41) is 18.8. The fourth-order valence-electron chi connectivity index (χ4n) is 2.02. The molecule has 0 fully saturated rings. The van der Waals surface area contributed by atoms with Gasteiger partial charge in [-0.2, -0.15) is 5.11 Å². The number of rotatable bonds is 6. The lowest BCUT2D eigenvalue weighted by atomic mass is 10.1. The van der Waals surface area contributed by atoms with E-state index in [-0.39, 0.29) is 5.69 Å². The largest absolute Gasteiger partial charge is 0.397 e. The van der Waals surface area contributed by atoms with Crippen LogP contribution in [-0.4, -0.2) is 4.92 Å². The summed E-state index contributed by atoms with van der Waals surface area (Å²) in [5.74, 6) is 0. The van der Waals surface area contributed by atoms with E-state index >= 15 is 0 Å². The third kappa shape index (κ3) is 3.88. The summed E-state index contributed by atoms with van der Waals surface area (Å²) < 4.78 is 0. The third-order valence-electron chi connectivity index (χ3n) is 3.31. The molecule has 0 saturated heterocycles. The van der Waals surface area contributed by atoms with Gasteiger partial charge in [0.2, 0.25) is 0 Å². The Morgan fingerprint density at radius 3 is 2.50 bits per heavy atom. The topological polar surface area (TPSA) is 93.9 Å². The van der Waals surface area contributed by atoms with E-state index in [1.807, 2.05) is 12.1 Å². The number of hydrogen-bond donors (Lipinski definition) is 1. The summed E-state index contributed by atoms with van der Waals surface area (Å²) >= 11 is 0. The lowest BCUT2D eigenvalue weighted by Crippen LogP contribution is -1.94. The Morgan fingerprint density at radius 1 is 1.14 bits per heavy atom. The zero-order valence-corrected chi connectivity index (χ0v) is 12.4. The van der Waals surface area contributed by atoms with Crippen LogP contribution < -0.4 is 5.73 Å². The minimum absolute atomic E-state index is 0.0278. The van der Waals surface area contributed by atoms with Crippen molar-refractivity contribution < 1.29 is 4.92 Å². The van der Waals surface area contributed by atoms with Crippen molar-refractivity contribution in [2.45, 2.75) is 26.2 Å². The molecule has 2 N–H and O–H groups in total. The number of azo groups is 1. The highest BCUT2D eigenvalue weighted by atomic mass is 16.6. The predicted molar refractivity (Wildman–Crippen MR) is 86.7 cm³/mol. The predicted octanol–water partition coefficient (Wildman–Crippen LogP) is 4.94. The van der Waals surface area contributed by atoms with Gasteiger partial charge in [-0.15, -0.1) is 5.11 Å². The number of para-hydroxylation sites is 1. The molecule has 114 valence electrons. The number of benzene rings is 2. The smallest absolute Gasteiger partial charge is 0.269 e. The van der Waals surface area contributed by atoms with E-state index in [9.17, 15) is 10.1 Å². The average Bonchev–Trinajstić information content (AvgIpc) is 2.53. The minimum Gasteiger partial charge on any atom is -0.397 e. The molecule has 2 aromatic rings. The Bertz CT molecular complexity index is 681. The van der Waals surface area contributed by atoms with Gasteiger partial charge in [-0.25, -0.2) is 0 Å². The molecule has 0 atom stereocenters. The molecule has 6 nitrogen and oxygen atoms in total. The van der Waals surface area contributed by atoms with Gasteiger partial charge >= 0.3 is 0 Å². The van der Waals surface area contributed by atoms with Gasteiger partial charge in [0, 0.05) is 12.1 Å². The lowest BCUT2D eigenvalue weighted by Gasteiger charge is -2.06. The number of aryl methyl sites for hydroxylation is 1. The molecule has 6 heteroatoms. The van der Waals surface area contributed by atoms with Crippen molar-refractivity contribution in [3.8, 4) is 0 Å². The van der Waals surface area contributed by atoms with Gasteiger partial charge in [0.15, 0.2) is 0 Å². The molecule has 2 rings (SSSR count). The maximum atomic E-state index is 10.6. The standard InChI is InChI=1S/C16H18N4O2/c1-2-3-5-12-6-4-7-15(16(12)17)19-18-13-8-10-14(11-9-13)20(21)22/h4,6-11H,2-3,5,17H2,1H3. The third-order valence-corrected chi connectivity index (χ3v) is 3.31. The van der Waals surface area contributed by atoms with Crippen molar-refractivity contribution >= 4 is 22.7 Å². The van der Waals surface area contributed by atoms with Crippen molar-refractivity contribution in [1.29, 1.82) is 0 Å². The summed E-state index contributed by atoms with van der Waals surface area (Å²) in [6.45, 7) is 2.13. The Kier molecular flexibility index (Phi) is 5.19. The summed E-state index contributed by atoms with van der Waals surface area (Å²) in [4.78, 5) is 10.1. The number of non-ortho nitro benzene ring substituents is 1. The second kappa shape index (κ2) is 7.31. The zero-order chi connectivity index (χ0) is 15.9. The highest BCUT2D eigenvalue weighted by Crippen LogP contribution is 2.29. The van der Waals surface area contributed by atoms with Crippen molar-refractivity contribution in [2.24, 2.45) is 10.2 Å². The SMILES string of the molecule is CCCCc1cccc(N=Nc2ccc([N+](=O)[O-])cc2)c1N. The number of nitro groups is 1. The number of nitrogens with zero attached hydrogens (tertiary/aromatic N) is 3. The zero-order valence-electron chi connectivity index (χ0n) is 12.4. The minimum atomic E-state index is -0.448. The number of unbranched alkanes of at least 4 members (excludes halogenated alkanes) is 1. The van der Waals surface area contributed by atoms with Crippen molar-refractivity contribution in [3.63, 3.8) is 0 Å². The van der Waals surface area contributed by atoms with E-state index in [1.54, 1.807) is 18.2 Å². The highest BCUT2D eigenvalue weighted by Gasteiger charge is 2.05. The molecule has 0 aromatic heterocycles. The van der Waals surface area contributed by atoms with E-state index in [1.165, 1.54) is 12.1 Å². The van der Waals surface area contributed by atoms with Gasteiger partial charge in [0.05, 0.1) is 16.3 Å². The molecule has 0 amide bonds. The van der Waals surface area contributed by atoms with Crippen molar-refractivity contribution in [3.05, 3.63) is 58.1 Å². The van der Waals surface area contributed by atoms with E-state index < -0.39 is 4.92 Å².